The van der Waals surface area contributed by atoms with Crippen LogP contribution < -0.4 is 20.7 Å². The number of anilines is 4. The van der Waals surface area contributed by atoms with Gasteiger partial charge in [-0.1, -0.05) is 12.1 Å². The molecule has 0 saturated carbocycles. The lowest BCUT2D eigenvalue weighted by Crippen LogP contribution is -2.11. The Morgan fingerprint density at radius 3 is 2.53 bits per heavy atom. The molecule has 11 heteroatoms. The maximum atomic E-state index is 12.6. The van der Waals surface area contributed by atoms with E-state index in [4.69, 9.17) is 4.74 Å². The highest BCUT2D eigenvalue weighted by atomic mass is 79.9. The number of para-hydroxylation sites is 1. The van der Waals surface area contributed by atoms with Gasteiger partial charge >= 0.3 is 0 Å². The molecule has 2 N–H and O–H groups in total. The summed E-state index contributed by atoms with van der Waals surface area (Å²) in [7, 11) is -1.05. The molecule has 0 aliphatic heterocycles. The van der Waals surface area contributed by atoms with E-state index in [0.29, 0.717) is 32.7 Å². The fourth-order valence-electron chi connectivity index (χ4n) is 2.72. The number of nitro benzene ring substituents is 1. The van der Waals surface area contributed by atoms with E-state index in [1.807, 2.05) is 24.3 Å². The molecule has 0 amide bonds. The molecule has 30 heavy (non-hydrogen) atoms. The zero-order valence-electron chi connectivity index (χ0n) is 16.4. The number of rotatable bonds is 7. The fraction of sp³-hybridized carbons (Fsp3) is 0.158. The first kappa shape index (κ1) is 21.7. The highest BCUT2D eigenvalue weighted by molar-refractivity contribution is 9.10. The number of halogens is 1. The minimum absolute atomic E-state index is 0.0932. The van der Waals surface area contributed by atoms with E-state index in [0.717, 1.165) is 0 Å². The van der Waals surface area contributed by atoms with E-state index in [1.165, 1.54) is 25.3 Å². The van der Waals surface area contributed by atoms with Crippen LogP contribution in [0.2, 0.25) is 0 Å². The van der Waals surface area contributed by atoms with Crippen LogP contribution in [0.1, 0.15) is 0 Å². The molecule has 0 spiro atoms. The molecule has 0 aliphatic carbocycles. The Morgan fingerprint density at radius 2 is 1.87 bits per heavy atom. The van der Waals surface area contributed by atoms with Gasteiger partial charge in [0.15, 0.2) is 0 Å². The van der Waals surface area contributed by atoms with Gasteiger partial charge in [0.05, 0.1) is 27.9 Å². The number of non-ortho nitro benzene ring substituents is 1. The third-order valence-corrected chi connectivity index (χ3v) is 6.25. The van der Waals surface area contributed by atoms with Gasteiger partial charge in [0.1, 0.15) is 18.7 Å². The summed E-state index contributed by atoms with van der Waals surface area (Å²) >= 11 is 3.41. The van der Waals surface area contributed by atoms with Crippen LogP contribution >= 0.6 is 23.1 Å². The summed E-state index contributed by atoms with van der Waals surface area (Å²) in [6.07, 6.45) is 1.54. The number of aromatic nitrogens is 2. The number of benzene rings is 2. The summed E-state index contributed by atoms with van der Waals surface area (Å²) in [4.78, 5) is 19.2. The summed E-state index contributed by atoms with van der Waals surface area (Å²) in [5, 5.41) is 17.9. The maximum Gasteiger partial charge on any atom is 0.271 e. The van der Waals surface area contributed by atoms with Crippen LogP contribution in [0.5, 0.6) is 5.75 Å². The van der Waals surface area contributed by atoms with Gasteiger partial charge in [-0.15, -0.1) is 0 Å². The van der Waals surface area contributed by atoms with E-state index in [9.17, 15) is 14.7 Å². The molecule has 2 aromatic carbocycles. The highest BCUT2D eigenvalue weighted by Crippen LogP contribution is 2.39. The van der Waals surface area contributed by atoms with Crippen molar-refractivity contribution in [3.8, 4) is 5.75 Å². The van der Waals surface area contributed by atoms with Gasteiger partial charge in [-0.2, -0.15) is 4.98 Å². The van der Waals surface area contributed by atoms with Crippen LogP contribution in [-0.4, -0.2) is 35.3 Å². The number of methoxy groups -OCH3 is 1. The summed E-state index contributed by atoms with van der Waals surface area (Å²) in [5.74, 6) is 1.05. The van der Waals surface area contributed by atoms with Gasteiger partial charge in [0, 0.05) is 23.6 Å². The molecular formula is C19H19BrN5O4P. The fourth-order valence-corrected chi connectivity index (χ4v) is 4.16. The second-order valence-electron chi connectivity index (χ2n) is 6.65. The lowest BCUT2D eigenvalue weighted by Gasteiger charge is -2.16. The van der Waals surface area contributed by atoms with Crippen molar-refractivity contribution in [2.24, 2.45) is 0 Å². The van der Waals surface area contributed by atoms with Crippen LogP contribution in [0.3, 0.4) is 0 Å². The molecule has 1 aromatic heterocycles. The zero-order valence-corrected chi connectivity index (χ0v) is 18.9. The predicted octanol–water partition coefficient (Wildman–Crippen LogP) is 4.89. The first-order chi connectivity index (χ1) is 14.2. The average molecular weight is 492 g/mol. The van der Waals surface area contributed by atoms with E-state index in [-0.39, 0.29) is 11.6 Å². The van der Waals surface area contributed by atoms with Gasteiger partial charge in [0.2, 0.25) is 5.95 Å². The molecule has 0 atom stereocenters. The van der Waals surface area contributed by atoms with Crippen molar-refractivity contribution in [1.29, 1.82) is 0 Å². The standard InChI is InChI=1S/C19H19BrN5O4P/c1-29-16-9-8-12(25(26)27)10-15(16)23-19-21-11-13(20)18(24-19)22-14-6-4-5-7-17(14)30(2,3)28/h4-11H,1-3H3,(H2,21,22,23,24). The average Bonchev–Trinajstić information content (AvgIpc) is 2.70. The first-order valence-corrected chi connectivity index (χ1v) is 12.1. The zero-order chi connectivity index (χ0) is 21.9. The van der Waals surface area contributed by atoms with Crippen LogP contribution in [0.15, 0.2) is 53.1 Å². The molecule has 0 saturated heterocycles. The van der Waals surface area contributed by atoms with Gasteiger partial charge in [-0.3, -0.25) is 10.1 Å². The summed E-state index contributed by atoms with van der Waals surface area (Å²) in [5.41, 5.74) is 0.931. The molecule has 0 unspecified atom stereocenters. The van der Waals surface area contributed by atoms with E-state index in [2.05, 4.69) is 36.5 Å². The maximum absolute atomic E-state index is 12.6. The quantitative estimate of drug-likeness (QED) is 0.272. The van der Waals surface area contributed by atoms with Gasteiger partial charge in [-0.05, 0) is 47.5 Å². The summed E-state index contributed by atoms with van der Waals surface area (Å²) in [6.45, 7) is 3.40. The topological polar surface area (TPSA) is 119 Å². The Kier molecular flexibility index (Phi) is 6.38. The molecule has 3 rings (SSSR count). The van der Waals surface area contributed by atoms with Crippen LogP contribution in [0, 0.1) is 10.1 Å². The lowest BCUT2D eigenvalue weighted by atomic mass is 10.2. The second-order valence-corrected chi connectivity index (χ2v) is 10.7. The molecule has 0 radical (unpaired) electrons. The largest absolute Gasteiger partial charge is 0.495 e. The Hall–Kier alpha value is -2.97. The van der Waals surface area contributed by atoms with Gasteiger partial charge in [0.25, 0.3) is 5.69 Å². The van der Waals surface area contributed by atoms with E-state index in [1.54, 1.807) is 19.5 Å². The van der Waals surface area contributed by atoms with Crippen LogP contribution in [0.25, 0.3) is 0 Å². The van der Waals surface area contributed by atoms with Crippen molar-refractivity contribution in [3.63, 3.8) is 0 Å². The molecule has 1 heterocycles. The predicted molar refractivity (Wildman–Crippen MR) is 121 cm³/mol. The van der Waals surface area contributed by atoms with E-state index < -0.39 is 12.1 Å². The second kappa shape index (κ2) is 8.81. The van der Waals surface area contributed by atoms with E-state index >= 15 is 0 Å². The minimum atomic E-state index is -2.52. The van der Waals surface area contributed by atoms with Crippen molar-refractivity contribution in [2.45, 2.75) is 0 Å². The van der Waals surface area contributed by atoms with Gasteiger partial charge < -0.3 is 19.9 Å². The number of nitrogens with zero attached hydrogens (tertiary/aromatic N) is 3. The number of nitro groups is 1. The monoisotopic (exact) mass is 491 g/mol. The van der Waals surface area contributed by atoms with Crippen molar-refractivity contribution in [3.05, 3.63) is 63.2 Å². The number of hydrogen-bond donors (Lipinski definition) is 2. The van der Waals surface area contributed by atoms with Crippen molar-refractivity contribution < 1.29 is 14.2 Å². The Bertz CT molecular complexity index is 1150. The van der Waals surface area contributed by atoms with Crippen LogP contribution in [-0.2, 0) is 4.57 Å². The Balaban J connectivity index is 1.95. The molecule has 156 valence electrons. The highest BCUT2D eigenvalue weighted by Gasteiger charge is 2.18. The number of hydrogen-bond acceptors (Lipinski definition) is 8. The number of ether oxygens (including phenoxy) is 1. The molecule has 0 fully saturated rings. The molecule has 9 nitrogen and oxygen atoms in total. The Morgan fingerprint density at radius 1 is 1.13 bits per heavy atom. The minimum Gasteiger partial charge on any atom is -0.495 e. The first-order valence-electron chi connectivity index (χ1n) is 8.72. The van der Waals surface area contributed by atoms with Crippen molar-refractivity contribution >= 4 is 57.2 Å². The van der Waals surface area contributed by atoms with Gasteiger partial charge in [-0.25, -0.2) is 4.98 Å². The molecule has 0 bridgehead atoms. The number of nitrogens with one attached hydrogen (secondary N) is 2. The third-order valence-electron chi connectivity index (χ3n) is 4.12. The van der Waals surface area contributed by atoms with Crippen LogP contribution in [0.4, 0.5) is 28.8 Å². The summed E-state index contributed by atoms with van der Waals surface area (Å²) in [6, 6.07) is 11.5. The van der Waals surface area contributed by atoms with Crippen molar-refractivity contribution in [1.82, 2.24) is 9.97 Å². The normalized spacial score (nSPS) is 11.1. The molecular weight excluding hydrogens is 473 g/mol. The molecule has 0 aliphatic rings. The van der Waals surface area contributed by atoms with Crippen molar-refractivity contribution in [2.75, 3.05) is 31.1 Å². The SMILES string of the molecule is COc1ccc([N+](=O)[O-])cc1Nc1ncc(Br)c(Nc2ccccc2P(C)(C)=O)n1. The lowest BCUT2D eigenvalue weighted by molar-refractivity contribution is -0.384. The Labute approximate surface area is 181 Å². The smallest absolute Gasteiger partial charge is 0.271 e. The third kappa shape index (κ3) is 4.95. The summed E-state index contributed by atoms with van der Waals surface area (Å²) < 4.78 is 18.5. The molecule has 3 aromatic rings.